The zero-order valence-electron chi connectivity index (χ0n) is 18.9. The molecule has 0 unspecified atom stereocenters. The van der Waals surface area contributed by atoms with Crippen molar-refractivity contribution < 1.29 is 27.4 Å². The molecule has 0 aromatic heterocycles. The van der Waals surface area contributed by atoms with Gasteiger partial charge in [-0.2, -0.15) is 5.10 Å². The summed E-state index contributed by atoms with van der Waals surface area (Å²) in [4.78, 5) is 12.8. The molecule has 11 heteroatoms. The Hall–Kier alpha value is -3.76. The van der Waals surface area contributed by atoms with Gasteiger partial charge in [-0.1, -0.05) is 29.3 Å². The lowest BCUT2D eigenvalue weighted by Crippen LogP contribution is -2.39. The van der Waals surface area contributed by atoms with Gasteiger partial charge in [0.05, 0.1) is 23.9 Å². The second kappa shape index (κ2) is 10.2. The summed E-state index contributed by atoms with van der Waals surface area (Å²) in [7, 11) is -2.75. The topological polar surface area (TPSA) is 107 Å². The Kier molecular flexibility index (Phi) is 7.13. The van der Waals surface area contributed by atoms with Crippen LogP contribution in [0.1, 0.15) is 11.1 Å². The number of methoxy groups -OCH3 is 1. The number of ether oxygens (including phenoxy) is 3. The third-order valence-electron chi connectivity index (χ3n) is 5.11. The number of sulfonamides is 1. The monoisotopic (exact) mass is 515 g/mol. The van der Waals surface area contributed by atoms with Crippen LogP contribution in [-0.2, 0) is 14.8 Å². The highest BCUT2D eigenvalue weighted by atomic mass is 35.5. The lowest BCUT2D eigenvalue weighted by molar-refractivity contribution is -0.119. The molecule has 0 saturated carbocycles. The Morgan fingerprint density at radius 1 is 1.11 bits per heavy atom. The molecule has 9 nitrogen and oxygen atoms in total. The van der Waals surface area contributed by atoms with Crippen LogP contribution in [0.3, 0.4) is 0 Å². The first kappa shape index (κ1) is 24.4. The average Bonchev–Trinajstić information content (AvgIpc) is 3.31. The van der Waals surface area contributed by atoms with Crippen molar-refractivity contribution in [3.63, 3.8) is 0 Å². The van der Waals surface area contributed by atoms with E-state index in [1.807, 2.05) is 6.92 Å². The Morgan fingerprint density at radius 3 is 2.60 bits per heavy atom. The van der Waals surface area contributed by atoms with Crippen molar-refractivity contribution in [1.82, 2.24) is 5.43 Å². The quantitative estimate of drug-likeness (QED) is 0.362. The maximum Gasteiger partial charge on any atom is 0.264 e. The second-order valence-electron chi connectivity index (χ2n) is 7.55. The van der Waals surface area contributed by atoms with E-state index in [0.717, 1.165) is 9.87 Å². The van der Waals surface area contributed by atoms with Gasteiger partial charge in [0.1, 0.15) is 12.3 Å². The van der Waals surface area contributed by atoms with Gasteiger partial charge in [0.15, 0.2) is 11.5 Å². The van der Waals surface area contributed by atoms with Crippen LogP contribution in [0.5, 0.6) is 17.2 Å². The van der Waals surface area contributed by atoms with Crippen LogP contribution in [-0.4, -0.2) is 41.0 Å². The highest BCUT2D eigenvalue weighted by Crippen LogP contribution is 2.35. The minimum absolute atomic E-state index is 0.0155. The first-order chi connectivity index (χ1) is 16.8. The van der Waals surface area contributed by atoms with Gasteiger partial charge in [-0.15, -0.1) is 0 Å². The number of nitrogens with zero attached hydrogens (tertiary/aromatic N) is 2. The SMILES string of the molecule is COc1ccc(Cl)cc1N(CC(=O)N/N=C\c1ccc2c(c1)OCO2)S(=O)(=O)c1ccc(C)cc1. The molecule has 3 aromatic rings. The molecule has 3 aromatic carbocycles. The Labute approximate surface area is 207 Å². The highest BCUT2D eigenvalue weighted by Gasteiger charge is 2.29. The fraction of sp³-hybridized carbons (Fsp3) is 0.167. The van der Waals surface area contributed by atoms with Crippen molar-refractivity contribution in [3.8, 4) is 17.2 Å². The van der Waals surface area contributed by atoms with Crippen LogP contribution < -0.4 is 23.9 Å². The van der Waals surface area contributed by atoms with E-state index in [0.29, 0.717) is 17.1 Å². The molecule has 0 fully saturated rings. The number of halogens is 1. The van der Waals surface area contributed by atoms with Crippen LogP contribution >= 0.6 is 11.6 Å². The minimum Gasteiger partial charge on any atom is -0.495 e. The average molecular weight is 516 g/mol. The van der Waals surface area contributed by atoms with Gasteiger partial charge in [0.2, 0.25) is 6.79 Å². The van der Waals surface area contributed by atoms with Gasteiger partial charge in [-0.25, -0.2) is 13.8 Å². The minimum atomic E-state index is -4.15. The van der Waals surface area contributed by atoms with E-state index in [1.54, 1.807) is 36.4 Å². The number of aryl methyl sites for hydroxylation is 1. The molecule has 182 valence electrons. The van der Waals surface area contributed by atoms with Crippen LogP contribution in [0.25, 0.3) is 0 Å². The van der Waals surface area contributed by atoms with Crippen molar-refractivity contribution >= 4 is 39.4 Å². The first-order valence-corrected chi connectivity index (χ1v) is 12.2. The Morgan fingerprint density at radius 2 is 1.86 bits per heavy atom. The number of hydrogen-bond acceptors (Lipinski definition) is 7. The molecule has 0 radical (unpaired) electrons. The summed E-state index contributed by atoms with van der Waals surface area (Å²) in [6, 6.07) is 16.0. The molecule has 1 N–H and O–H groups in total. The van der Waals surface area contributed by atoms with E-state index >= 15 is 0 Å². The van der Waals surface area contributed by atoms with Gasteiger partial charge in [0.25, 0.3) is 15.9 Å². The highest BCUT2D eigenvalue weighted by molar-refractivity contribution is 7.92. The van der Waals surface area contributed by atoms with E-state index in [-0.39, 0.29) is 28.1 Å². The number of fused-ring (bicyclic) bond motifs is 1. The first-order valence-electron chi connectivity index (χ1n) is 10.4. The molecule has 1 amide bonds. The molecule has 35 heavy (non-hydrogen) atoms. The number of hydrogen-bond donors (Lipinski definition) is 1. The summed E-state index contributed by atoms with van der Waals surface area (Å²) < 4.78 is 44.0. The molecular formula is C24H22ClN3O6S. The van der Waals surface area contributed by atoms with E-state index in [9.17, 15) is 13.2 Å². The zero-order valence-corrected chi connectivity index (χ0v) is 20.5. The fourth-order valence-electron chi connectivity index (χ4n) is 3.33. The van der Waals surface area contributed by atoms with Gasteiger partial charge < -0.3 is 14.2 Å². The largest absolute Gasteiger partial charge is 0.495 e. The van der Waals surface area contributed by atoms with Crippen molar-refractivity contribution in [1.29, 1.82) is 0 Å². The summed E-state index contributed by atoms with van der Waals surface area (Å²) in [5.41, 5.74) is 4.04. The molecule has 4 rings (SSSR count). The molecule has 0 bridgehead atoms. The van der Waals surface area contributed by atoms with Crippen LogP contribution in [0, 0.1) is 6.92 Å². The lowest BCUT2D eigenvalue weighted by atomic mass is 10.2. The molecule has 1 aliphatic rings. The van der Waals surface area contributed by atoms with Gasteiger partial charge in [-0.3, -0.25) is 9.10 Å². The Bertz CT molecular complexity index is 1380. The molecule has 1 aliphatic heterocycles. The van der Waals surface area contributed by atoms with Gasteiger partial charge >= 0.3 is 0 Å². The third-order valence-corrected chi connectivity index (χ3v) is 7.11. The van der Waals surface area contributed by atoms with Crippen LogP contribution in [0.4, 0.5) is 5.69 Å². The molecule has 0 spiro atoms. The maximum atomic E-state index is 13.5. The standard InChI is InChI=1S/C24H22ClN3O6S/c1-16-3-7-19(8-4-16)35(30,31)28(20-12-18(25)6-10-21(20)32-2)14-24(29)27-26-13-17-5-9-22-23(11-17)34-15-33-22/h3-13H,14-15H2,1-2H3,(H,27,29)/b26-13-. The fourth-order valence-corrected chi connectivity index (χ4v) is 4.92. The predicted octanol–water partition coefficient (Wildman–Crippen LogP) is 3.73. The molecule has 0 aliphatic carbocycles. The van der Waals surface area contributed by atoms with Crippen molar-refractivity contribution in [3.05, 3.63) is 76.8 Å². The van der Waals surface area contributed by atoms with E-state index in [2.05, 4.69) is 10.5 Å². The van der Waals surface area contributed by atoms with Gasteiger partial charge in [-0.05, 0) is 61.0 Å². The lowest BCUT2D eigenvalue weighted by Gasteiger charge is -2.25. The summed E-state index contributed by atoms with van der Waals surface area (Å²) in [5.74, 6) is 0.767. The number of hydrazone groups is 1. The van der Waals surface area contributed by atoms with Gasteiger partial charge in [0, 0.05) is 5.02 Å². The summed E-state index contributed by atoms with van der Waals surface area (Å²) in [6.07, 6.45) is 1.42. The normalized spacial score (nSPS) is 12.5. The molecular weight excluding hydrogens is 494 g/mol. The van der Waals surface area contributed by atoms with Crippen LogP contribution in [0.15, 0.2) is 70.7 Å². The van der Waals surface area contributed by atoms with E-state index in [1.165, 1.54) is 37.6 Å². The predicted molar refractivity (Wildman–Crippen MR) is 132 cm³/mol. The van der Waals surface area contributed by atoms with Crippen molar-refractivity contribution in [2.24, 2.45) is 5.10 Å². The second-order valence-corrected chi connectivity index (χ2v) is 9.85. The Balaban J connectivity index is 1.59. The zero-order chi connectivity index (χ0) is 25.0. The number of nitrogens with one attached hydrogen (secondary N) is 1. The molecule has 0 atom stereocenters. The van der Waals surface area contributed by atoms with Crippen molar-refractivity contribution in [2.75, 3.05) is 24.8 Å². The number of amides is 1. The third kappa shape index (κ3) is 5.50. The number of anilines is 1. The summed E-state index contributed by atoms with van der Waals surface area (Å²) >= 11 is 6.14. The molecule has 0 saturated heterocycles. The number of benzene rings is 3. The maximum absolute atomic E-state index is 13.5. The smallest absolute Gasteiger partial charge is 0.264 e. The summed E-state index contributed by atoms with van der Waals surface area (Å²) in [5, 5.41) is 4.22. The van der Waals surface area contributed by atoms with E-state index in [4.69, 9.17) is 25.8 Å². The number of carbonyl (C=O) groups is 1. The number of rotatable bonds is 8. The van der Waals surface area contributed by atoms with E-state index < -0.39 is 22.5 Å². The number of carbonyl (C=O) groups excluding carboxylic acids is 1. The molecule has 1 heterocycles. The van der Waals surface area contributed by atoms with Crippen LogP contribution in [0.2, 0.25) is 5.02 Å². The van der Waals surface area contributed by atoms with Crippen molar-refractivity contribution in [2.45, 2.75) is 11.8 Å². The summed E-state index contributed by atoms with van der Waals surface area (Å²) in [6.45, 7) is 1.43.